The molecule has 0 unspecified atom stereocenters. The minimum absolute atomic E-state index is 0.202. The number of halogens is 3. The number of ether oxygens (including phenoxy) is 2. The van der Waals surface area contributed by atoms with Gasteiger partial charge in [0.05, 0.1) is 13.1 Å². The van der Waals surface area contributed by atoms with E-state index in [-0.39, 0.29) is 18.8 Å². The van der Waals surface area contributed by atoms with Crippen molar-refractivity contribution in [2.24, 2.45) is 0 Å². The van der Waals surface area contributed by atoms with Crippen LogP contribution >= 0.6 is 0 Å². The summed E-state index contributed by atoms with van der Waals surface area (Å²) >= 11 is 0. The third-order valence-electron chi connectivity index (χ3n) is 2.79. The average molecular weight is 303 g/mol. The number of carbonyl (C=O) groups is 1. The van der Waals surface area contributed by atoms with Crippen LogP contribution in [0.3, 0.4) is 0 Å². The van der Waals surface area contributed by atoms with Crippen molar-refractivity contribution in [3.8, 4) is 5.75 Å². The summed E-state index contributed by atoms with van der Waals surface area (Å²) < 4.78 is 49.6. The highest BCUT2D eigenvalue weighted by Gasteiger charge is 2.35. The first-order valence-electron chi connectivity index (χ1n) is 6.45. The highest BCUT2D eigenvalue weighted by Crippen LogP contribution is 2.25. The summed E-state index contributed by atoms with van der Waals surface area (Å²) in [6, 6.07) is 1.81. The Morgan fingerprint density at radius 1 is 1.19 bits per heavy atom. The highest BCUT2D eigenvalue weighted by atomic mass is 19.2. The maximum Gasteiger partial charge on any atom is 0.410 e. The number of hydrogen-bond donors (Lipinski definition) is 0. The summed E-state index contributed by atoms with van der Waals surface area (Å²) in [6.07, 6.45) is -0.968. The Kier molecular flexibility index (Phi) is 4.02. The SMILES string of the molecule is CC(C)(C)OC(=O)N1CC(Oc2ccc(F)c(F)c2F)C1. The Hall–Kier alpha value is -1.92. The molecule has 1 saturated heterocycles. The fourth-order valence-electron chi connectivity index (χ4n) is 1.77. The van der Waals surface area contributed by atoms with Crippen LogP contribution in [0.4, 0.5) is 18.0 Å². The molecule has 0 atom stereocenters. The van der Waals surface area contributed by atoms with E-state index in [1.54, 1.807) is 20.8 Å². The van der Waals surface area contributed by atoms with Gasteiger partial charge in [-0.3, -0.25) is 0 Å². The lowest BCUT2D eigenvalue weighted by molar-refractivity contribution is -0.0231. The van der Waals surface area contributed by atoms with Crippen LogP contribution in [0.5, 0.6) is 5.75 Å². The second kappa shape index (κ2) is 5.46. The van der Waals surface area contributed by atoms with E-state index in [0.717, 1.165) is 12.1 Å². The van der Waals surface area contributed by atoms with E-state index in [4.69, 9.17) is 9.47 Å². The molecule has 1 aliphatic rings. The van der Waals surface area contributed by atoms with Crippen LogP contribution in [0.1, 0.15) is 20.8 Å². The molecule has 1 aromatic carbocycles. The van der Waals surface area contributed by atoms with Crippen LogP contribution in [-0.2, 0) is 4.74 Å². The molecule has 4 nitrogen and oxygen atoms in total. The topological polar surface area (TPSA) is 38.8 Å². The molecular formula is C14H16F3NO3. The second-order valence-electron chi connectivity index (χ2n) is 5.80. The fourth-order valence-corrected chi connectivity index (χ4v) is 1.77. The van der Waals surface area contributed by atoms with E-state index in [0.29, 0.717) is 0 Å². The van der Waals surface area contributed by atoms with Crippen molar-refractivity contribution in [2.45, 2.75) is 32.5 Å². The van der Waals surface area contributed by atoms with Crippen LogP contribution in [0.2, 0.25) is 0 Å². The number of nitrogens with zero attached hydrogens (tertiary/aromatic N) is 1. The summed E-state index contributed by atoms with van der Waals surface area (Å²) in [5, 5.41) is 0. The van der Waals surface area contributed by atoms with E-state index in [1.807, 2.05) is 0 Å². The summed E-state index contributed by atoms with van der Waals surface area (Å²) in [5.74, 6) is -4.59. The zero-order valence-corrected chi connectivity index (χ0v) is 12.0. The largest absolute Gasteiger partial charge is 0.484 e. The number of amides is 1. The van der Waals surface area contributed by atoms with E-state index in [9.17, 15) is 18.0 Å². The molecule has 1 heterocycles. The molecule has 1 aromatic rings. The normalized spacial score (nSPS) is 15.6. The molecule has 0 aromatic heterocycles. The van der Waals surface area contributed by atoms with Crippen molar-refractivity contribution in [3.05, 3.63) is 29.6 Å². The molecule has 7 heteroatoms. The number of hydrogen-bond acceptors (Lipinski definition) is 3. The van der Waals surface area contributed by atoms with Gasteiger partial charge in [0.25, 0.3) is 0 Å². The highest BCUT2D eigenvalue weighted by molar-refractivity contribution is 5.69. The van der Waals surface area contributed by atoms with E-state index < -0.39 is 35.2 Å². The van der Waals surface area contributed by atoms with Crippen molar-refractivity contribution >= 4 is 6.09 Å². The summed E-state index contributed by atoms with van der Waals surface area (Å²) in [7, 11) is 0. The summed E-state index contributed by atoms with van der Waals surface area (Å²) in [5.41, 5.74) is -0.602. The lowest BCUT2D eigenvalue weighted by Gasteiger charge is -2.39. The predicted molar refractivity (Wildman–Crippen MR) is 68.5 cm³/mol. The van der Waals surface area contributed by atoms with Crippen molar-refractivity contribution in [1.29, 1.82) is 0 Å². The minimum Gasteiger partial charge on any atom is -0.484 e. The average Bonchev–Trinajstić information content (AvgIpc) is 2.30. The van der Waals surface area contributed by atoms with Gasteiger partial charge in [-0.15, -0.1) is 0 Å². The maximum atomic E-state index is 13.4. The maximum absolute atomic E-state index is 13.4. The molecule has 0 saturated carbocycles. The molecule has 1 amide bonds. The zero-order valence-electron chi connectivity index (χ0n) is 12.0. The van der Waals surface area contributed by atoms with Gasteiger partial charge in [-0.05, 0) is 32.9 Å². The fraction of sp³-hybridized carbons (Fsp3) is 0.500. The summed E-state index contributed by atoms with van der Waals surface area (Å²) in [6.45, 7) is 5.64. The van der Waals surface area contributed by atoms with Crippen LogP contribution in [0.25, 0.3) is 0 Å². The predicted octanol–water partition coefficient (Wildman–Crippen LogP) is 3.10. The number of benzene rings is 1. The molecule has 2 rings (SSSR count). The van der Waals surface area contributed by atoms with Crippen LogP contribution in [0, 0.1) is 17.5 Å². The van der Waals surface area contributed by atoms with Crippen LogP contribution in [-0.4, -0.2) is 35.8 Å². The molecule has 116 valence electrons. The third-order valence-corrected chi connectivity index (χ3v) is 2.79. The standard InChI is InChI=1S/C14H16F3NO3/c1-14(2,3)21-13(19)18-6-8(7-18)20-10-5-4-9(15)11(16)12(10)17/h4-5,8H,6-7H2,1-3H3. The Bertz CT molecular complexity index is 551. The first kappa shape index (κ1) is 15.5. The molecule has 1 fully saturated rings. The number of carbonyl (C=O) groups excluding carboxylic acids is 1. The lowest BCUT2D eigenvalue weighted by Crippen LogP contribution is -2.57. The van der Waals surface area contributed by atoms with E-state index in [1.165, 1.54) is 4.90 Å². The van der Waals surface area contributed by atoms with E-state index >= 15 is 0 Å². The van der Waals surface area contributed by atoms with Gasteiger partial charge < -0.3 is 14.4 Å². The van der Waals surface area contributed by atoms with Gasteiger partial charge in [-0.2, -0.15) is 4.39 Å². The third kappa shape index (κ3) is 3.59. The monoisotopic (exact) mass is 303 g/mol. The van der Waals surface area contributed by atoms with Gasteiger partial charge in [0.2, 0.25) is 5.82 Å². The van der Waals surface area contributed by atoms with E-state index in [2.05, 4.69) is 0 Å². The first-order valence-corrected chi connectivity index (χ1v) is 6.45. The van der Waals surface area contributed by atoms with Gasteiger partial charge in [0, 0.05) is 0 Å². The quantitative estimate of drug-likeness (QED) is 0.788. The molecular weight excluding hydrogens is 287 g/mol. The first-order chi connectivity index (χ1) is 9.67. The molecule has 0 aliphatic carbocycles. The molecule has 0 spiro atoms. The Morgan fingerprint density at radius 3 is 2.38 bits per heavy atom. The van der Waals surface area contributed by atoms with Gasteiger partial charge >= 0.3 is 6.09 Å². The molecule has 21 heavy (non-hydrogen) atoms. The van der Waals surface area contributed by atoms with Crippen molar-refractivity contribution in [1.82, 2.24) is 4.90 Å². The smallest absolute Gasteiger partial charge is 0.410 e. The van der Waals surface area contributed by atoms with Crippen molar-refractivity contribution < 1.29 is 27.4 Å². The van der Waals surface area contributed by atoms with Gasteiger partial charge in [0.15, 0.2) is 17.4 Å². The molecule has 0 radical (unpaired) electrons. The lowest BCUT2D eigenvalue weighted by atomic mass is 10.1. The van der Waals surface area contributed by atoms with Crippen molar-refractivity contribution in [2.75, 3.05) is 13.1 Å². The van der Waals surface area contributed by atoms with Gasteiger partial charge in [-0.25, -0.2) is 13.6 Å². The number of likely N-dealkylation sites (tertiary alicyclic amines) is 1. The van der Waals surface area contributed by atoms with Gasteiger partial charge in [0.1, 0.15) is 11.7 Å². The van der Waals surface area contributed by atoms with Crippen LogP contribution in [0.15, 0.2) is 12.1 Å². The van der Waals surface area contributed by atoms with Gasteiger partial charge in [-0.1, -0.05) is 0 Å². The molecule has 0 N–H and O–H groups in total. The Morgan fingerprint density at radius 2 is 1.81 bits per heavy atom. The van der Waals surface area contributed by atoms with Crippen molar-refractivity contribution in [3.63, 3.8) is 0 Å². The van der Waals surface area contributed by atoms with Crippen LogP contribution < -0.4 is 4.74 Å². The zero-order chi connectivity index (χ0) is 15.8. The Balaban J connectivity index is 1.89. The minimum atomic E-state index is -1.57. The second-order valence-corrected chi connectivity index (χ2v) is 5.80. The Labute approximate surface area is 120 Å². The molecule has 0 bridgehead atoms. The molecule has 1 aliphatic heterocycles. The number of rotatable bonds is 2. The summed E-state index contributed by atoms with van der Waals surface area (Å²) in [4.78, 5) is 13.1.